The van der Waals surface area contributed by atoms with Crippen LogP contribution in [0.1, 0.15) is 42.3 Å². The van der Waals surface area contributed by atoms with E-state index < -0.39 is 40.9 Å². The molecule has 214 valence electrons. The van der Waals surface area contributed by atoms with Crippen LogP contribution >= 0.6 is 0 Å². The molecular weight excluding hydrogens is 520 g/mol. The van der Waals surface area contributed by atoms with Crippen LogP contribution in [0.5, 0.6) is 5.75 Å². The normalized spacial score (nSPS) is 26.1. The first kappa shape index (κ1) is 27.9. The summed E-state index contributed by atoms with van der Waals surface area (Å²) in [4.78, 5) is 42.0. The molecule has 11 heteroatoms. The monoisotopic (exact) mass is 554 g/mol. The summed E-state index contributed by atoms with van der Waals surface area (Å²) < 4.78 is 27.6. The van der Waals surface area contributed by atoms with Crippen molar-refractivity contribution in [3.8, 4) is 5.75 Å². The van der Waals surface area contributed by atoms with Crippen LogP contribution in [0.2, 0.25) is 0 Å². The fourth-order valence-electron chi connectivity index (χ4n) is 5.94. The molecule has 0 aromatic heterocycles. The van der Waals surface area contributed by atoms with Gasteiger partial charge < -0.3 is 38.5 Å². The number of nitrogens with zero attached hydrogens (tertiary/aromatic N) is 2. The fraction of sp³-hybridized carbons (Fsp3) is 0.483. The van der Waals surface area contributed by atoms with Gasteiger partial charge in [-0.15, -0.1) is 0 Å². The Labute approximate surface area is 232 Å². The van der Waals surface area contributed by atoms with Crippen molar-refractivity contribution in [2.75, 3.05) is 39.1 Å². The van der Waals surface area contributed by atoms with Gasteiger partial charge in [0.15, 0.2) is 5.72 Å². The first-order valence-corrected chi connectivity index (χ1v) is 13.0. The van der Waals surface area contributed by atoms with Crippen LogP contribution < -0.4 is 9.64 Å². The number of anilines is 1. The van der Waals surface area contributed by atoms with Crippen molar-refractivity contribution in [3.63, 3.8) is 0 Å². The van der Waals surface area contributed by atoms with Crippen molar-refractivity contribution in [1.29, 1.82) is 0 Å². The molecule has 11 nitrogen and oxygen atoms in total. The molecule has 2 fully saturated rings. The lowest BCUT2D eigenvalue weighted by atomic mass is 9.73. The number of methoxy groups -OCH3 is 2. The average molecular weight is 555 g/mol. The van der Waals surface area contributed by atoms with Crippen LogP contribution in [0.3, 0.4) is 0 Å². The lowest BCUT2D eigenvalue weighted by Gasteiger charge is -2.42. The van der Waals surface area contributed by atoms with Gasteiger partial charge in [-0.3, -0.25) is 4.90 Å². The van der Waals surface area contributed by atoms with Gasteiger partial charge in [0.2, 0.25) is 0 Å². The van der Waals surface area contributed by atoms with Crippen molar-refractivity contribution in [3.05, 3.63) is 59.2 Å². The van der Waals surface area contributed by atoms with E-state index in [2.05, 4.69) is 0 Å². The number of ether oxygens (including phenoxy) is 5. The average Bonchev–Trinajstić information content (AvgIpc) is 3.52. The largest absolute Gasteiger partial charge is 0.488 e. The predicted octanol–water partition coefficient (Wildman–Crippen LogP) is 2.62. The Morgan fingerprint density at radius 2 is 1.88 bits per heavy atom. The summed E-state index contributed by atoms with van der Waals surface area (Å²) >= 11 is 0. The number of aldehydes is 1. The molecule has 0 bridgehead atoms. The highest BCUT2D eigenvalue weighted by atomic mass is 16.7. The van der Waals surface area contributed by atoms with Gasteiger partial charge in [0, 0.05) is 24.9 Å². The van der Waals surface area contributed by atoms with Crippen molar-refractivity contribution in [2.24, 2.45) is 0 Å². The minimum Gasteiger partial charge on any atom is -0.488 e. The Kier molecular flexibility index (Phi) is 7.01. The molecule has 1 unspecified atom stereocenters. The first-order valence-electron chi connectivity index (χ1n) is 13.0. The first-order chi connectivity index (χ1) is 19.0. The molecule has 1 N–H and O–H groups in total. The van der Waals surface area contributed by atoms with Gasteiger partial charge >= 0.3 is 12.1 Å². The van der Waals surface area contributed by atoms with Crippen molar-refractivity contribution in [1.82, 2.24) is 4.90 Å². The molecule has 2 aromatic rings. The molecule has 40 heavy (non-hydrogen) atoms. The van der Waals surface area contributed by atoms with Crippen molar-refractivity contribution in [2.45, 2.75) is 56.2 Å². The lowest BCUT2D eigenvalue weighted by molar-refractivity contribution is -0.136. The zero-order valence-corrected chi connectivity index (χ0v) is 23.2. The predicted molar refractivity (Wildman–Crippen MR) is 142 cm³/mol. The lowest BCUT2D eigenvalue weighted by Crippen LogP contribution is -2.64. The van der Waals surface area contributed by atoms with E-state index in [0.29, 0.717) is 17.5 Å². The Morgan fingerprint density at radius 3 is 2.50 bits per heavy atom. The second-order valence-electron chi connectivity index (χ2n) is 11.2. The summed E-state index contributed by atoms with van der Waals surface area (Å²) in [6.07, 6.45) is 0.0581. The topological polar surface area (TPSA) is 124 Å². The van der Waals surface area contributed by atoms with Crippen LogP contribution in [0.4, 0.5) is 10.5 Å². The Bertz CT molecular complexity index is 1310. The summed E-state index contributed by atoms with van der Waals surface area (Å²) in [6, 6.07) is 11.3. The molecule has 0 aliphatic carbocycles. The van der Waals surface area contributed by atoms with E-state index in [4.69, 9.17) is 23.7 Å². The van der Waals surface area contributed by atoms with E-state index >= 15 is 0 Å². The number of carbonyl (C=O) groups is 3. The van der Waals surface area contributed by atoms with Crippen molar-refractivity contribution >= 4 is 24.0 Å². The smallest absolute Gasteiger partial charge is 0.411 e. The number of benzene rings is 2. The maximum Gasteiger partial charge on any atom is 0.411 e. The Morgan fingerprint density at radius 1 is 1.15 bits per heavy atom. The molecule has 0 spiro atoms. The molecular formula is C29H34N2O9. The second-order valence-corrected chi connectivity index (χ2v) is 11.2. The molecule has 1 amide bonds. The molecule has 5 rings (SSSR count). The zero-order chi connectivity index (χ0) is 28.9. The maximum atomic E-state index is 13.2. The molecule has 3 heterocycles. The summed E-state index contributed by atoms with van der Waals surface area (Å²) in [6.45, 7) is 5.22. The number of hydrogen-bond donors (Lipinski definition) is 1. The van der Waals surface area contributed by atoms with Crippen LogP contribution in [0.25, 0.3) is 0 Å². The number of fused-ring (bicyclic) bond motifs is 5. The Hall–Kier alpha value is -3.67. The number of aliphatic hydroxyl groups is 1. The molecule has 0 radical (unpaired) electrons. The van der Waals surface area contributed by atoms with Crippen LogP contribution in [0, 0.1) is 0 Å². The highest BCUT2D eigenvalue weighted by Gasteiger charge is 2.80. The second kappa shape index (κ2) is 10.1. The zero-order valence-electron chi connectivity index (χ0n) is 23.2. The number of rotatable bonds is 9. The summed E-state index contributed by atoms with van der Waals surface area (Å²) in [5.41, 5.74) is -2.51. The summed E-state index contributed by atoms with van der Waals surface area (Å²) in [7, 11) is 2.72. The minimum absolute atomic E-state index is 0.134. The van der Waals surface area contributed by atoms with E-state index in [0.717, 1.165) is 5.56 Å². The fourth-order valence-corrected chi connectivity index (χ4v) is 5.94. The molecule has 3 aliphatic rings. The van der Waals surface area contributed by atoms with E-state index in [1.54, 1.807) is 31.7 Å². The maximum absolute atomic E-state index is 13.2. The van der Waals surface area contributed by atoms with Crippen LogP contribution in [-0.4, -0.2) is 85.9 Å². The van der Waals surface area contributed by atoms with Gasteiger partial charge in [0.25, 0.3) is 0 Å². The van der Waals surface area contributed by atoms with E-state index in [1.165, 1.54) is 25.2 Å². The third kappa shape index (κ3) is 4.29. The van der Waals surface area contributed by atoms with E-state index in [-0.39, 0.29) is 37.9 Å². The van der Waals surface area contributed by atoms with E-state index in [1.807, 2.05) is 30.3 Å². The van der Waals surface area contributed by atoms with Gasteiger partial charge in [-0.25, -0.2) is 9.59 Å². The number of esters is 1. The van der Waals surface area contributed by atoms with Crippen molar-refractivity contribution < 1.29 is 43.2 Å². The third-order valence-corrected chi connectivity index (χ3v) is 7.59. The standard InChI is InChI=1S/C29H34N2O9/c1-27(2,3)40-26(34)31-21-13-30-20-11-19(25(33)37-5)12-22(39-14-18-9-7-6-8-10-18)23(20)28(15-32,16-38-17-36-4)29(30,35)24(21)31/h6-12,15,21,24,35H,13-14,16-17H2,1-5H3/t21-,24-,28-,29?,31?/m0/s1. The molecule has 3 aliphatic heterocycles. The minimum atomic E-state index is -1.91. The van der Waals surface area contributed by atoms with Gasteiger partial charge in [-0.2, -0.15) is 0 Å². The number of piperazine rings is 1. The molecule has 2 saturated heterocycles. The van der Waals surface area contributed by atoms with Crippen LogP contribution in [-0.2, 0) is 35.8 Å². The number of amides is 1. The highest BCUT2D eigenvalue weighted by Crippen LogP contribution is 2.63. The van der Waals surface area contributed by atoms with Gasteiger partial charge in [0.05, 0.1) is 25.3 Å². The summed E-state index contributed by atoms with van der Waals surface area (Å²) in [5, 5.41) is 12.5. The van der Waals surface area contributed by atoms with Gasteiger partial charge in [-0.1, -0.05) is 30.3 Å². The Balaban J connectivity index is 1.63. The SMILES string of the molecule is COCOC[C@@]1(C=O)c2c(OCc3ccccc3)cc(C(=O)OC)cc2N2C[C@H]3[C@H](N3C(=O)OC(C)(C)C)C21O. The molecule has 4 atom stereocenters. The third-order valence-electron chi connectivity index (χ3n) is 7.59. The number of hydrogen-bond acceptors (Lipinski definition) is 10. The van der Waals surface area contributed by atoms with Gasteiger partial charge in [0.1, 0.15) is 42.5 Å². The molecule has 0 saturated carbocycles. The molecule has 2 aromatic carbocycles. The highest BCUT2D eigenvalue weighted by molar-refractivity contribution is 5.96. The van der Waals surface area contributed by atoms with Gasteiger partial charge in [-0.05, 0) is 38.5 Å². The number of carbonyl (C=O) groups excluding carboxylic acids is 3. The quantitative estimate of drug-likeness (QED) is 0.163. The summed E-state index contributed by atoms with van der Waals surface area (Å²) in [5.74, 6) is -0.381. The van der Waals surface area contributed by atoms with E-state index in [9.17, 15) is 19.5 Å². The van der Waals surface area contributed by atoms with Crippen LogP contribution in [0.15, 0.2) is 42.5 Å².